The van der Waals surface area contributed by atoms with Crippen molar-refractivity contribution < 1.29 is 15.0 Å². The molecule has 6 heteroatoms. The molecule has 2 aromatic carbocycles. The zero-order valence-corrected chi connectivity index (χ0v) is 19.6. The molecule has 0 aliphatic heterocycles. The second-order valence-corrected chi connectivity index (χ2v) is 9.17. The molecule has 2 aromatic rings. The van der Waals surface area contributed by atoms with E-state index < -0.39 is 0 Å². The molecule has 0 atom stereocenters. The molecule has 0 aliphatic rings. The first kappa shape index (κ1) is 25.8. The zero-order valence-electron chi connectivity index (χ0n) is 18.9. The van der Waals surface area contributed by atoms with E-state index in [1.807, 2.05) is 6.07 Å². The predicted molar refractivity (Wildman–Crippen MR) is 127 cm³/mol. The highest BCUT2D eigenvalue weighted by atomic mass is 35.5. The van der Waals surface area contributed by atoms with Gasteiger partial charge < -0.3 is 21.3 Å². The molecule has 0 aromatic heterocycles. The Kier molecular flexibility index (Phi) is 8.76. The Balaban J connectivity index is 0.00000450. The van der Waals surface area contributed by atoms with E-state index in [1.54, 1.807) is 18.2 Å². The summed E-state index contributed by atoms with van der Waals surface area (Å²) in [5, 5.41) is 3.25. The molecule has 1 amide bonds. The Bertz CT molecular complexity index is 879. The lowest BCUT2D eigenvalue weighted by Crippen LogP contribution is -2.24. The van der Waals surface area contributed by atoms with Gasteiger partial charge in [0.25, 0.3) is 5.91 Å². The smallest absolute Gasteiger partial charge is 0.262 e. The largest absolute Gasteiger partial charge is 0.483 e. The number of hydrogen-bond acceptors (Lipinski definition) is 3. The molecule has 0 fully saturated rings. The van der Waals surface area contributed by atoms with Gasteiger partial charge in [0.2, 0.25) is 0 Å². The third-order valence-corrected chi connectivity index (χ3v) is 6.24. The minimum Gasteiger partial charge on any atom is -0.483 e. The quantitative estimate of drug-likeness (QED) is 0.537. The summed E-state index contributed by atoms with van der Waals surface area (Å²) in [6, 6.07) is 11.3. The molecule has 0 spiro atoms. The van der Waals surface area contributed by atoms with E-state index in [9.17, 15) is 4.79 Å². The Morgan fingerprint density at radius 3 is 2.23 bits per heavy atom. The average molecular weight is 435 g/mol. The molecular formula is C24H35ClN2O3. The van der Waals surface area contributed by atoms with Gasteiger partial charge in [0, 0.05) is 11.3 Å². The van der Waals surface area contributed by atoms with Crippen molar-refractivity contribution in [1.82, 2.24) is 0 Å². The number of amides is 1. The van der Waals surface area contributed by atoms with Crippen LogP contribution in [0.5, 0.6) is 5.75 Å². The van der Waals surface area contributed by atoms with Crippen LogP contribution >= 0.6 is 11.6 Å². The lowest BCUT2D eigenvalue weighted by atomic mass is 9.76. The van der Waals surface area contributed by atoms with Gasteiger partial charge in [0.15, 0.2) is 6.61 Å². The van der Waals surface area contributed by atoms with E-state index >= 15 is 0 Å². The summed E-state index contributed by atoms with van der Waals surface area (Å²) in [5.41, 5.74) is 9.24. The second-order valence-electron chi connectivity index (χ2n) is 8.76. The van der Waals surface area contributed by atoms with Gasteiger partial charge in [-0.1, -0.05) is 65.3 Å². The average Bonchev–Trinajstić information content (AvgIpc) is 2.69. The van der Waals surface area contributed by atoms with Gasteiger partial charge in [0.05, 0.1) is 10.7 Å². The van der Waals surface area contributed by atoms with Gasteiger partial charge in [-0.3, -0.25) is 4.79 Å². The zero-order chi connectivity index (χ0) is 21.8. The standard InChI is InChI=1S/C24H33ClN2O2.H2O/c1-7-23(3,4)16-9-12-21(18(13-16)24(5,6)8-2)29-15-22(28)27-17-10-11-19(25)20(26)14-17;/h9-14H,7-8,15,26H2,1-6H3,(H,27,28);1H2. The highest BCUT2D eigenvalue weighted by molar-refractivity contribution is 6.33. The molecule has 0 unspecified atom stereocenters. The van der Waals surface area contributed by atoms with Crippen molar-refractivity contribution in [2.45, 2.75) is 65.2 Å². The molecule has 0 saturated carbocycles. The number of nitrogen functional groups attached to an aromatic ring is 1. The molecule has 0 aliphatic carbocycles. The molecule has 5 N–H and O–H groups in total. The van der Waals surface area contributed by atoms with Crippen molar-refractivity contribution in [2.75, 3.05) is 17.7 Å². The van der Waals surface area contributed by atoms with E-state index in [1.165, 1.54) is 5.56 Å². The van der Waals surface area contributed by atoms with Gasteiger partial charge in [-0.15, -0.1) is 0 Å². The van der Waals surface area contributed by atoms with Crippen LogP contribution in [-0.4, -0.2) is 18.0 Å². The number of benzene rings is 2. The van der Waals surface area contributed by atoms with E-state index in [0.717, 1.165) is 24.2 Å². The van der Waals surface area contributed by atoms with Crippen LogP contribution in [0.4, 0.5) is 11.4 Å². The minimum absolute atomic E-state index is 0. The maximum absolute atomic E-state index is 12.4. The third kappa shape index (κ3) is 6.13. The molecule has 5 nitrogen and oxygen atoms in total. The fraction of sp³-hybridized carbons (Fsp3) is 0.458. The van der Waals surface area contributed by atoms with E-state index in [4.69, 9.17) is 22.1 Å². The first-order chi connectivity index (χ1) is 13.5. The maximum atomic E-state index is 12.4. The molecular weight excluding hydrogens is 400 g/mol. The van der Waals surface area contributed by atoms with E-state index in [-0.39, 0.29) is 28.8 Å². The third-order valence-electron chi connectivity index (χ3n) is 5.90. The van der Waals surface area contributed by atoms with Crippen molar-refractivity contribution >= 4 is 28.9 Å². The maximum Gasteiger partial charge on any atom is 0.262 e. The molecule has 0 saturated heterocycles. The van der Waals surface area contributed by atoms with Gasteiger partial charge in [-0.05, 0) is 53.5 Å². The summed E-state index contributed by atoms with van der Waals surface area (Å²) < 4.78 is 5.95. The highest BCUT2D eigenvalue weighted by Gasteiger charge is 2.26. The number of ether oxygens (including phenoxy) is 1. The summed E-state index contributed by atoms with van der Waals surface area (Å²) in [5.74, 6) is 0.503. The summed E-state index contributed by atoms with van der Waals surface area (Å²) >= 11 is 5.93. The van der Waals surface area contributed by atoms with E-state index in [0.29, 0.717) is 16.4 Å². The first-order valence-corrected chi connectivity index (χ1v) is 10.5. The fourth-order valence-electron chi connectivity index (χ4n) is 2.96. The Hall–Kier alpha value is -2.24. The molecule has 0 heterocycles. The van der Waals surface area contributed by atoms with Crippen molar-refractivity contribution in [3.05, 3.63) is 52.5 Å². The van der Waals surface area contributed by atoms with E-state index in [2.05, 4.69) is 59.0 Å². The molecule has 0 radical (unpaired) electrons. The first-order valence-electron chi connectivity index (χ1n) is 10.1. The van der Waals surface area contributed by atoms with Crippen molar-refractivity contribution in [3.8, 4) is 5.75 Å². The van der Waals surface area contributed by atoms with Crippen molar-refractivity contribution in [2.24, 2.45) is 0 Å². The highest BCUT2D eigenvalue weighted by Crippen LogP contribution is 2.38. The minimum atomic E-state index is -0.245. The number of hydrogen-bond donors (Lipinski definition) is 2. The lowest BCUT2D eigenvalue weighted by molar-refractivity contribution is -0.118. The van der Waals surface area contributed by atoms with Crippen LogP contribution in [0.3, 0.4) is 0 Å². The number of carbonyl (C=O) groups is 1. The van der Waals surface area contributed by atoms with Crippen LogP contribution in [0.15, 0.2) is 36.4 Å². The topological polar surface area (TPSA) is 95.8 Å². The summed E-state index contributed by atoms with van der Waals surface area (Å²) in [6.45, 7) is 13.2. The second kappa shape index (κ2) is 10.2. The van der Waals surface area contributed by atoms with Crippen molar-refractivity contribution in [3.63, 3.8) is 0 Å². The number of rotatable bonds is 8. The molecule has 2 rings (SSSR count). The van der Waals surface area contributed by atoms with Crippen LogP contribution in [0, 0.1) is 0 Å². The number of halogens is 1. The summed E-state index contributed by atoms with van der Waals surface area (Å²) in [6.07, 6.45) is 2.02. The van der Waals surface area contributed by atoms with Crippen LogP contribution in [-0.2, 0) is 15.6 Å². The van der Waals surface area contributed by atoms with Gasteiger partial charge in [-0.2, -0.15) is 0 Å². The Morgan fingerprint density at radius 1 is 1.03 bits per heavy atom. The van der Waals surface area contributed by atoms with Gasteiger partial charge in [-0.25, -0.2) is 0 Å². The number of carbonyl (C=O) groups excluding carboxylic acids is 1. The summed E-state index contributed by atoms with van der Waals surface area (Å²) in [7, 11) is 0. The van der Waals surface area contributed by atoms with Gasteiger partial charge in [0.1, 0.15) is 5.75 Å². The van der Waals surface area contributed by atoms with Gasteiger partial charge >= 0.3 is 0 Å². The van der Waals surface area contributed by atoms with Crippen LogP contribution in [0.25, 0.3) is 0 Å². The van der Waals surface area contributed by atoms with Crippen LogP contribution in [0.1, 0.15) is 65.5 Å². The predicted octanol–water partition coefficient (Wildman–Crippen LogP) is 5.49. The monoisotopic (exact) mass is 434 g/mol. The fourth-order valence-corrected chi connectivity index (χ4v) is 3.08. The van der Waals surface area contributed by atoms with Crippen LogP contribution in [0.2, 0.25) is 5.02 Å². The Morgan fingerprint density at radius 2 is 1.67 bits per heavy atom. The lowest BCUT2D eigenvalue weighted by Gasteiger charge is -2.30. The SMILES string of the molecule is CCC(C)(C)c1ccc(OCC(=O)Nc2ccc(Cl)c(N)c2)c(C(C)(C)CC)c1.O. The summed E-state index contributed by atoms with van der Waals surface area (Å²) in [4.78, 5) is 12.4. The Labute approximate surface area is 185 Å². The molecule has 30 heavy (non-hydrogen) atoms. The number of nitrogens with one attached hydrogen (secondary N) is 1. The number of anilines is 2. The molecule has 0 bridgehead atoms. The van der Waals surface area contributed by atoms with Crippen molar-refractivity contribution in [1.29, 1.82) is 0 Å². The normalized spacial score (nSPS) is 11.6. The van der Waals surface area contributed by atoms with Crippen LogP contribution < -0.4 is 15.8 Å². The molecule has 166 valence electrons. The number of nitrogens with two attached hydrogens (primary N) is 1.